The van der Waals surface area contributed by atoms with E-state index in [0.29, 0.717) is 5.56 Å². The monoisotopic (exact) mass is 572 g/mol. The minimum atomic E-state index is -1.43. The molecule has 0 bridgehead atoms. The summed E-state index contributed by atoms with van der Waals surface area (Å²) in [6, 6.07) is 21.3. The minimum absolute atomic E-state index is 0.0325. The SMILES string of the molecule is CCN(CC)c1ccc([C@@H]2C(C)C([O-])C(c3ccc(N(c4ccccc4F)c4ccccc4F)cc3O)C2[O-])c(O)c1. The van der Waals surface area contributed by atoms with Crippen LogP contribution in [0.3, 0.4) is 0 Å². The molecule has 220 valence electrons. The lowest BCUT2D eigenvalue weighted by Gasteiger charge is -2.35. The van der Waals surface area contributed by atoms with Crippen LogP contribution in [-0.2, 0) is 0 Å². The van der Waals surface area contributed by atoms with Gasteiger partial charge in [-0.3, -0.25) is 0 Å². The Labute approximate surface area is 244 Å². The van der Waals surface area contributed by atoms with Crippen LogP contribution in [-0.4, -0.2) is 35.5 Å². The van der Waals surface area contributed by atoms with Crippen LogP contribution >= 0.6 is 0 Å². The Bertz CT molecular complexity index is 1520. The molecule has 42 heavy (non-hydrogen) atoms. The van der Waals surface area contributed by atoms with E-state index in [2.05, 4.69) is 4.90 Å². The van der Waals surface area contributed by atoms with Gasteiger partial charge in [0, 0.05) is 30.9 Å². The first-order chi connectivity index (χ1) is 20.2. The molecular formula is C34H34F2N2O4-2. The van der Waals surface area contributed by atoms with Crippen LogP contribution in [0.25, 0.3) is 0 Å². The predicted octanol–water partition coefficient (Wildman–Crippen LogP) is 5.67. The number of phenols is 2. The Hall–Kier alpha value is -4.14. The quantitative estimate of drug-likeness (QED) is 0.283. The zero-order valence-corrected chi connectivity index (χ0v) is 23.7. The molecular weight excluding hydrogens is 538 g/mol. The normalized spacial score (nSPS) is 21.8. The van der Waals surface area contributed by atoms with Crippen LogP contribution in [0.2, 0.25) is 0 Å². The lowest BCUT2D eigenvalue weighted by molar-refractivity contribution is -0.456. The summed E-state index contributed by atoms with van der Waals surface area (Å²) in [7, 11) is 0. The molecule has 1 fully saturated rings. The summed E-state index contributed by atoms with van der Waals surface area (Å²) >= 11 is 0. The number of halogens is 2. The van der Waals surface area contributed by atoms with E-state index in [1.54, 1.807) is 37.3 Å². The summed E-state index contributed by atoms with van der Waals surface area (Å²) in [4.78, 5) is 3.41. The van der Waals surface area contributed by atoms with Crippen molar-refractivity contribution < 1.29 is 29.2 Å². The molecule has 0 aromatic heterocycles. The van der Waals surface area contributed by atoms with Crippen molar-refractivity contribution in [3.05, 3.63) is 108 Å². The second kappa shape index (κ2) is 12.0. The summed E-state index contributed by atoms with van der Waals surface area (Å²) < 4.78 is 29.9. The second-order valence-corrected chi connectivity index (χ2v) is 10.7. The van der Waals surface area contributed by atoms with Crippen LogP contribution in [0.1, 0.15) is 43.7 Å². The van der Waals surface area contributed by atoms with Gasteiger partial charge in [0.05, 0.1) is 17.1 Å². The lowest BCUT2D eigenvalue weighted by atomic mass is 9.86. The van der Waals surface area contributed by atoms with Crippen molar-refractivity contribution in [2.45, 2.75) is 44.8 Å². The molecule has 4 aromatic carbocycles. The molecule has 2 N–H and O–H groups in total. The third kappa shape index (κ3) is 5.16. The van der Waals surface area contributed by atoms with Gasteiger partial charge in [0.2, 0.25) is 0 Å². The van der Waals surface area contributed by atoms with Gasteiger partial charge in [-0.25, -0.2) is 8.78 Å². The maximum Gasteiger partial charge on any atom is 0.147 e. The van der Waals surface area contributed by atoms with Crippen LogP contribution in [0.4, 0.5) is 31.5 Å². The predicted molar refractivity (Wildman–Crippen MR) is 157 cm³/mol. The van der Waals surface area contributed by atoms with Gasteiger partial charge in [0.1, 0.15) is 23.1 Å². The zero-order chi connectivity index (χ0) is 30.1. The molecule has 0 saturated heterocycles. The highest BCUT2D eigenvalue weighted by atomic mass is 19.1. The van der Waals surface area contributed by atoms with Gasteiger partial charge in [-0.05, 0) is 73.2 Å². The fourth-order valence-electron chi connectivity index (χ4n) is 6.28. The topological polar surface area (TPSA) is 93.1 Å². The largest absolute Gasteiger partial charge is 0.851 e. The van der Waals surface area contributed by atoms with E-state index in [1.807, 2.05) is 19.9 Å². The first kappa shape index (κ1) is 29.4. The Morgan fingerprint density at radius 3 is 1.64 bits per heavy atom. The van der Waals surface area contributed by atoms with E-state index < -0.39 is 41.6 Å². The second-order valence-electron chi connectivity index (χ2n) is 10.7. The smallest absolute Gasteiger partial charge is 0.147 e. The lowest BCUT2D eigenvalue weighted by Crippen LogP contribution is -2.39. The average molecular weight is 573 g/mol. The Balaban J connectivity index is 1.51. The van der Waals surface area contributed by atoms with Crippen LogP contribution in [0, 0.1) is 17.6 Å². The molecule has 0 spiro atoms. The van der Waals surface area contributed by atoms with E-state index in [1.165, 1.54) is 53.4 Å². The maximum atomic E-state index is 14.9. The first-order valence-electron chi connectivity index (χ1n) is 14.2. The van der Waals surface area contributed by atoms with Gasteiger partial charge in [-0.1, -0.05) is 49.2 Å². The first-order valence-corrected chi connectivity index (χ1v) is 14.2. The van der Waals surface area contributed by atoms with E-state index >= 15 is 0 Å². The van der Waals surface area contributed by atoms with Gasteiger partial charge in [0.25, 0.3) is 0 Å². The number of phenolic OH excluding ortho intramolecular Hbond substituents is 2. The van der Waals surface area contributed by atoms with E-state index in [9.17, 15) is 29.2 Å². The van der Waals surface area contributed by atoms with E-state index in [-0.39, 0.29) is 34.1 Å². The molecule has 6 nitrogen and oxygen atoms in total. The number of hydrogen-bond acceptors (Lipinski definition) is 6. The summed E-state index contributed by atoms with van der Waals surface area (Å²) in [5.74, 6) is -4.01. The fourth-order valence-corrected chi connectivity index (χ4v) is 6.28. The molecule has 0 heterocycles. The third-order valence-corrected chi connectivity index (χ3v) is 8.47. The van der Waals surface area contributed by atoms with Crippen molar-refractivity contribution in [3.8, 4) is 11.5 Å². The molecule has 8 heteroatoms. The van der Waals surface area contributed by atoms with Gasteiger partial charge >= 0.3 is 0 Å². The van der Waals surface area contributed by atoms with Crippen molar-refractivity contribution in [1.29, 1.82) is 0 Å². The third-order valence-electron chi connectivity index (χ3n) is 8.47. The van der Waals surface area contributed by atoms with Crippen LogP contribution in [0.5, 0.6) is 11.5 Å². The molecule has 0 aliphatic heterocycles. The van der Waals surface area contributed by atoms with Crippen molar-refractivity contribution in [1.82, 2.24) is 0 Å². The Kier molecular flexibility index (Phi) is 8.38. The highest BCUT2D eigenvalue weighted by Crippen LogP contribution is 2.50. The zero-order valence-electron chi connectivity index (χ0n) is 23.7. The molecule has 1 aliphatic carbocycles. The number of aromatic hydroxyl groups is 2. The van der Waals surface area contributed by atoms with Gasteiger partial charge in [-0.15, -0.1) is 12.2 Å². The molecule has 5 rings (SSSR count). The Morgan fingerprint density at radius 2 is 1.14 bits per heavy atom. The summed E-state index contributed by atoms with van der Waals surface area (Å²) in [5.41, 5.74) is 1.81. The standard InChI is InChI=1S/C34H34F2N2O4/c1-4-37(5-2)21-14-16-23(29(39)18-21)31-20(3)33(41)32(34(31)42)24-17-15-22(19-30(24)40)38(27-12-8-6-10-25(27)35)28-13-9-7-11-26(28)36/h6-20,31-34,39-40H,4-5H2,1-3H3/q-2/t20?,31-,32?,33?,34?/m0/s1. The maximum absolute atomic E-state index is 14.9. The summed E-state index contributed by atoms with van der Waals surface area (Å²) in [6.07, 6.45) is -2.77. The molecule has 4 aromatic rings. The molecule has 0 amide bonds. The van der Waals surface area contributed by atoms with Gasteiger partial charge in [0.15, 0.2) is 0 Å². The average Bonchev–Trinajstić information content (AvgIpc) is 3.19. The minimum Gasteiger partial charge on any atom is -0.851 e. The molecule has 1 saturated carbocycles. The number of anilines is 4. The molecule has 4 unspecified atom stereocenters. The summed E-state index contributed by atoms with van der Waals surface area (Å²) in [5, 5.41) is 49.5. The van der Waals surface area contributed by atoms with Crippen molar-refractivity contribution in [2.75, 3.05) is 22.9 Å². The number of hydrogen-bond donors (Lipinski definition) is 2. The van der Waals surface area contributed by atoms with Crippen LogP contribution < -0.4 is 20.0 Å². The van der Waals surface area contributed by atoms with Gasteiger partial charge in [-0.2, -0.15) is 0 Å². The van der Waals surface area contributed by atoms with Crippen molar-refractivity contribution in [2.24, 2.45) is 5.92 Å². The van der Waals surface area contributed by atoms with Crippen molar-refractivity contribution in [3.63, 3.8) is 0 Å². The number of benzene rings is 4. The number of nitrogens with zero attached hydrogens (tertiary/aromatic N) is 2. The molecule has 5 atom stereocenters. The van der Waals surface area contributed by atoms with E-state index in [4.69, 9.17) is 0 Å². The molecule has 1 aliphatic rings. The highest BCUT2D eigenvalue weighted by Gasteiger charge is 2.41. The van der Waals surface area contributed by atoms with Gasteiger partial charge < -0.3 is 30.2 Å². The molecule has 0 radical (unpaired) electrons. The Morgan fingerprint density at radius 1 is 0.667 bits per heavy atom. The summed E-state index contributed by atoms with van der Waals surface area (Å²) in [6.45, 7) is 7.23. The van der Waals surface area contributed by atoms with E-state index in [0.717, 1.165) is 18.8 Å². The number of rotatable bonds is 8. The fraction of sp³-hybridized carbons (Fsp3) is 0.294. The van der Waals surface area contributed by atoms with Crippen LogP contribution in [0.15, 0.2) is 84.9 Å². The highest BCUT2D eigenvalue weighted by molar-refractivity contribution is 5.78. The van der Waals surface area contributed by atoms with Crippen molar-refractivity contribution >= 4 is 22.7 Å². The number of para-hydroxylation sites is 2.